The molecule has 2 heterocycles. The molecule has 0 atom stereocenters. The predicted molar refractivity (Wildman–Crippen MR) is 120 cm³/mol. The fraction of sp³-hybridized carbons (Fsp3) is 0.500. The molecule has 0 saturated carbocycles. The first kappa shape index (κ1) is 21.0. The Hall–Kier alpha value is -1.29. The Balaban J connectivity index is 0.00000243. The monoisotopic (exact) mass is 486 g/mol. The summed E-state index contributed by atoms with van der Waals surface area (Å²) in [6.45, 7) is 10.3. The quantitative estimate of drug-likeness (QED) is 0.409. The van der Waals surface area contributed by atoms with E-state index in [1.807, 2.05) is 23.9 Å². The minimum atomic E-state index is 0. The minimum absolute atomic E-state index is 0. The van der Waals surface area contributed by atoms with E-state index in [0.717, 1.165) is 42.6 Å². The van der Waals surface area contributed by atoms with Crippen molar-refractivity contribution in [2.24, 2.45) is 4.99 Å². The van der Waals surface area contributed by atoms with E-state index in [2.05, 4.69) is 53.2 Å². The summed E-state index contributed by atoms with van der Waals surface area (Å²) in [7, 11) is 0. The van der Waals surface area contributed by atoms with Crippen LogP contribution in [0.5, 0.6) is 0 Å². The zero-order valence-electron chi connectivity index (χ0n) is 15.6. The fourth-order valence-electron chi connectivity index (χ4n) is 2.93. The van der Waals surface area contributed by atoms with Gasteiger partial charge >= 0.3 is 0 Å². The molecule has 1 aliphatic rings. The number of hydrogen-bond donors (Lipinski definition) is 1. The lowest BCUT2D eigenvalue weighted by atomic mass is 10.2. The van der Waals surface area contributed by atoms with Gasteiger partial charge in [-0.3, -0.25) is 0 Å². The molecule has 1 aromatic heterocycles. The number of thioether (sulfide) groups is 1. The van der Waals surface area contributed by atoms with Crippen molar-refractivity contribution in [1.29, 1.82) is 0 Å². The van der Waals surface area contributed by atoms with Crippen molar-refractivity contribution in [1.82, 2.24) is 25.0 Å². The van der Waals surface area contributed by atoms with Crippen molar-refractivity contribution in [2.75, 3.05) is 25.4 Å². The molecule has 0 spiro atoms. The normalized spacial score (nSPS) is 16.9. The van der Waals surface area contributed by atoms with Gasteiger partial charge in [0, 0.05) is 30.1 Å². The Morgan fingerprint density at radius 1 is 1.38 bits per heavy atom. The first-order valence-corrected chi connectivity index (χ1v) is 9.67. The molecule has 26 heavy (non-hydrogen) atoms. The molecule has 8 heteroatoms. The van der Waals surface area contributed by atoms with Crippen molar-refractivity contribution in [3.05, 3.63) is 42.5 Å². The Labute approximate surface area is 176 Å². The smallest absolute Gasteiger partial charge is 0.194 e. The van der Waals surface area contributed by atoms with E-state index in [4.69, 9.17) is 4.99 Å². The molecule has 0 unspecified atom stereocenters. The van der Waals surface area contributed by atoms with Crippen molar-refractivity contribution >= 4 is 41.7 Å². The van der Waals surface area contributed by atoms with E-state index in [9.17, 15) is 0 Å². The highest BCUT2D eigenvalue weighted by Gasteiger charge is 2.28. The SMILES string of the molecule is CCNC(=NCc1cccc(-n2cncn2)c1)N1CCSC(C)(C)C1.I. The van der Waals surface area contributed by atoms with Crippen molar-refractivity contribution in [2.45, 2.75) is 32.1 Å². The van der Waals surface area contributed by atoms with Crippen LogP contribution in [0, 0.1) is 0 Å². The van der Waals surface area contributed by atoms with Gasteiger partial charge in [0.1, 0.15) is 12.7 Å². The summed E-state index contributed by atoms with van der Waals surface area (Å²) in [6, 6.07) is 8.27. The number of benzene rings is 1. The summed E-state index contributed by atoms with van der Waals surface area (Å²) in [5.41, 5.74) is 2.17. The molecule has 2 aromatic rings. The number of nitrogens with zero attached hydrogens (tertiary/aromatic N) is 5. The van der Waals surface area contributed by atoms with Crippen molar-refractivity contribution in [3.8, 4) is 5.69 Å². The number of aromatic nitrogens is 3. The number of nitrogens with one attached hydrogen (secondary N) is 1. The van der Waals surface area contributed by atoms with Crippen LogP contribution in [0.3, 0.4) is 0 Å². The molecule has 1 fully saturated rings. The summed E-state index contributed by atoms with van der Waals surface area (Å²) in [5, 5.41) is 7.63. The minimum Gasteiger partial charge on any atom is -0.357 e. The molecule has 1 aromatic carbocycles. The second-order valence-corrected chi connectivity index (χ2v) is 8.51. The van der Waals surface area contributed by atoms with Crippen molar-refractivity contribution in [3.63, 3.8) is 0 Å². The standard InChI is InChI=1S/C18H26N6S.HI/c1-4-20-17(23-8-9-25-18(2,3)12-23)21-11-15-6-5-7-16(10-15)24-14-19-13-22-24;/h5-7,10,13-14H,4,8-9,11-12H2,1-3H3,(H,20,21);1H. The van der Waals surface area contributed by atoms with E-state index >= 15 is 0 Å². The van der Waals surface area contributed by atoms with Gasteiger partial charge in [-0.05, 0) is 38.5 Å². The van der Waals surface area contributed by atoms with Gasteiger partial charge < -0.3 is 10.2 Å². The van der Waals surface area contributed by atoms with Crippen LogP contribution in [0.1, 0.15) is 26.3 Å². The van der Waals surface area contributed by atoms with Crippen molar-refractivity contribution < 1.29 is 0 Å². The molecule has 0 amide bonds. The Morgan fingerprint density at radius 3 is 2.92 bits per heavy atom. The molecule has 3 rings (SSSR count). The topological polar surface area (TPSA) is 58.3 Å². The van der Waals surface area contributed by atoms with E-state index in [1.54, 1.807) is 17.3 Å². The average molecular weight is 486 g/mol. The lowest BCUT2D eigenvalue weighted by Gasteiger charge is -2.39. The maximum Gasteiger partial charge on any atom is 0.194 e. The Kier molecular flexibility index (Phi) is 7.75. The van der Waals surface area contributed by atoms with Gasteiger partial charge in [0.15, 0.2) is 5.96 Å². The molecule has 0 aliphatic carbocycles. The highest BCUT2D eigenvalue weighted by Crippen LogP contribution is 2.29. The number of guanidine groups is 1. The van der Waals surface area contributed by atoms with E-state index in [0.29, 0.717) is 6.54 Å². The third-order valence-electron chi connectivity index (χ3n) is 4.07. The molecule has 1 aliphatic heterocycles. The Morgan fingerprint density at radius 2 is 2.23 bits per heavy atom. The van der Waals surface area contributed by atoms with Crippen LogP contribution in [0.25, 0.3) is 5.69 Å². The zero-order valence-corrected chi connectivity index (χ0v) is 18.7. The average Bonchev–Trinajstić information content (AvgIpc) is 3.12. The first-order chi connectivity index (χ1) is 12.1. The third-order valence-corrected chi connectivity index (χ3v) is 5.36. The second-order valence-electron chi connectivity index (χ2n) is 6.71. The molecular formula is C18H27IN6S. The van der Waals surface area contributed by atoms with Gasteiger partial charge in [-0.15, -0.1) is 24.0 Å². The number of aliphatic imine (C=N–C) groups is 1. The lowest BCUT2D eigenvalue weighted by molar-refractivity contribution is 0.376. The highest BCUT2D eigenvalue weighted by molar-refractivity contribution is 14.0. The van der Waals surface area contributed by atoms with Gasteiger partial charge in [0.25, 0.3) is 0 Å². The molecular weight excluding hydrogens is 459 g/mol. The van der Waals surface area contributed by atoms with Crippen LogP contribution in [-0.2, 0) is 6.54 Å². The third kappa shape index (κ3) is 5.60. The second kappa shape index (κ2) is 9.59. The van der Waals surface area contributed by atoms with E-state index < -0.39 is 0 Å². The highest BCUT2D eigenvalue weighted by atomic mass is 127. The van der Waals surface area contributed by atoms with E-state index in [-0.39, 0.29) is 28.7 Å². The van der Waals surface area contributed by atoms with Crippen LogP contribution < -0.4 is 5.32 Å². The Bertz CT molecular complexity index is 716. The van der Waals surface area contributed by atoms with Crippen LogP contribution in [0.15, 0.2) is 41.9 Å². The van der Waals surface area contributed by atoms with Crippen LogP contribution >= 0.6 is 35.7 Å². The summed E-state index contributed by atoms with van der Waals surface area (Å²) in [5.74, 6) is 2.14. The van der Waals surface area contributed by atoms with E-state index in [1.165, 1.54) is 0 Å². The molecule has 0 bridgehead atoms. The number of rotatable bonds is 4. The fourth-order valence-corrected chi connectivity index (χ4v) is 4.04. The molecule has 142 valence electrons. The maximum absolute atomic E-state index is 4.87. The van der Waals surface area contributed by atoms with Gasteiger partial charge in [-0.2, -0.15) is 16.9 Å². The summed E-state index contributed by atoms with van der Waals surface area (Å²) >= 11 is 2.03. The van der Waals surface area contributed by atoms with Gasteiger partial charge in [-0.25, -0.2) is 14.7 Å². The number of hydrogen-bond acceptors (Lipinski definition) is 4. The summed E-state index contributed by atoms with van der Waals surface area (Å²) in [6.07, 6.45) is 3.25. The van der Waals surface area contributed by atoms with Gasteiger partial charge in [0.2, 0.25) is 0 Å². The maximum atomic E-state index is 4.87. The molecule has 6 nitrogen and oxygen atoms in total. The summed E-state index contributed by atoms with van der Waals surface area (Å²) < 4.78 is 2.03. The molecule has 1 saturated heterocycles. The van der Waals surface area contributed by atoms with Gasteiger partial charge in [0.05, 0.1) is 12.2 Å². The number of halogens is 1. The summed E-state index contributed by atoms with van der Waals surface area (Å²) in [4.78, 5) is 11.3. The van der Waals surface area contributed by atoms with Crippen LogP contribution in [-0.4, -0.2) is 55.8 Å². The largest absolute Gasteiger partial charge is 0.357 e. The van der Waals surface area contributed by atoms with Gasteiger partial charge in [-0.1, -0.05) is 12.1 Å². The lowest BCUT2D eigenvalue weighted by Crippen LogP contribution is -2.50. The van der Waals surface area contributed by atoms with Crippen LogP contribution in [0.2, 0.25) is 0 Å². The first-order valence-electron chi connectivity index (χ1n) is 8.68. The zero-order chi connectivity index (χ0) is 17.7. The molecule has 0 radical (unpaired) electrons. The van der Waals surface area contributed by atoms with Crippen LogP contribution in [0.4, 0.5) is 0 Å². The predicted octanol–water partition coefficient (Wildman–Crippen LogP) is 3.18. The molecule has 1 N–H and O–H groups in total.